The van der Waals surface area contributed by atoms with Crippen LogP contribution in [0.5, 0.6) is 0 Å². The normalized spacial score (nSPS) is 12.2. The van der Waals surface area contributed by atoms with E-state index in [1.54, 1.807) is 19.2 Å². The lowest BCUT2D eigenvalue weighted by molar-refractivity contribution is -0.120. The number of halogens is 2. The quantitative estimate of drug-likeness (QED) is 0.818. The van der Waals surface area contributed by atoms with Crippen LogP contribution in [-0.4, -0.2) is 31.0 Å². The van der Waals surface area contributed by atoms with Gasteiger partial charge in [0.15, 0.2) is 0 Å². The number of hydrogen-bond donors (Lipinski definition) is 1. The van der Waals surface area contributed by atoms with Gasteiger partial charge in [0.1, 0.15) is 0 Å². The van der Waals surface area contributed by atoms with Crippen molar-refractivity contribution < 1.29 is 9.53 Å². The van der Waals surface area contributed by atoms with Gasteiger partial charge in [0, 0.05) is 18.7 Å². The van der Waals surface area contributed by atoms with E-state index in [9.17, 15) is 4.79 Å². The summed E-state index contributed by atoms with van der Waals surface area (Å²) in [4.78, 5) is 11.8. The van der Waals surface area contributed by atoms with E-state index < -0.39 is 0 Å². The fraction of sp³-hybridized carbons (Fsp3) is 0.417. The van der Waals surface area contributed by atoms with Gasteiger partial charge in [-0.2, -0.15) is 0 Å². The molecule has 1 rings (SSSR count). The van der Waals surface area contributed by atoms with Crippen molar-refractivity contribution in [3.63, 3.8) is 0 Å². The van der Waals surface area contributed by atoms with E-state index in [0.29, 0.717) is 24.6 Å². The van der Waals surface area contributed by atoms with Crippen molar-refractivity contribution in [1.82, 2.24) is 5.32 Å². The minimum Gasteiger partial charge on any atom is -0.383 e. The molecule has 0 radical (unpaired) electrons. The molecular weight excluding hydrogens is 305 g/mol. The molecule has 0 aliphatic carbocycles. The van der Waals surface area contributed by atoms with Gasteiger partial charge >= 0.3 is 0 Å². The summed E-state index contributed by atoms with van der Waals surface area (Å²) in [6.45, 7) is 1.12. The number of ether oxygens (including phenoxy) is 1. The summed E-state index contributed by atoms with van der Waals surface area (Å²) < 4.78 is 4.95. The number of nitrogens with one attached hydrogen (secondary N) is 1. The summed E-state index contributed by atoms with van der Waals surface area (Å²) in [6, 6.07) is 7.30. The third-order valence-corrected chi connectivity index (χ3v) is 2.95. The maximum Gasteiger partial charge on any atom is 0.224 e. The first-order valence-corrected chi connectivity index (χ1v) is 6.55. The van der Waals surface area contributed by atoms with Gasteiger partial charge in [-0.3, -0.25) is 4.79 Å². The fourth-order valence-electron chi connectivity index (χ4n) is 1.36. The summed E-state index contributed by atoms with van der Waals surface area (Å²) in [5.74, 6) is -0.0205. The predicted octanol–water partition coefficient (Wildman–Crippen LogP) is 2.41. The van der Waals surface area contributed by atoms with E-state index >= 15 is 0 Å². The number of benzene rings is 1. The molecule has 5 heteroatoms. The van der Waals surface area contributed by atoms with Crippen LogP contribution in [0.1, 0.15) is 5.56 Å². The molecule has 0 spiro atoms. The maximum atomic E-state index is 11.6. The van der Waals surface area contributed by atoms with E-state index in [4.69, 9.17) is 16.3 Å². The average molecular weight is 321 g/mol. The van der Waals surface area contributed by atoms with Crippen molar-refractivity contribution in [1.29, 1.82) is 0 Å². The van der Waals surface area contributed by atoms with E-state index in [0.717, 1.165) is 5.56 Å². The SMILES string of the molecule is COCC(Br)CNC(=O)Cc1cccc(Cl)c1. The molecule has 0 aliphatic rings. The van der Waals surface area contributed by atoms with Crippen LogP contribution in [0.3, 0.4) is 0 Å². The number of carbonyl (C=O) groups excluding carboxylic acids is 1. The zero-order valence-corrected chi connectivity index (χ0v) is 11.9. The third kappa shape index (κ3) is 6.05. The van der Waals surface area contributed by atoms with E-state index in [-0.39, 0.29) is 10.7 Å². The zero-order valence-electron chi connectivity index (χ0n) is 9.58. The van der Waals surface area contributed by atoms with Crippen molar-refractivity contribution in [3.05, 3.63) is 34.9 Å². The molecule has 0 bridgehead atoms. The molecule has 1 aromatic carbocycles. The number of alkyl halides is 1. The second-order valence-corrected chi connectivity index (χ2v) is 5.39. The molecule has 1 amide bonds. The number of rotatable bonds is 6. The van der Waals surface area contributed by atoms with Crippen LogP contribution >= 0.6 is 27.5 Å². The molecule has 17 heavy (non-hydrogen) atoms. The average Bonchev–Trinajstić information content (AvgIpc) is 2.27. The van der Waals surface area contributed by atoms with Gasteiger partial charge in [0.25, 0.3) is 0 Å². The van der Waals surface area contributed by atoms with Gasteiger partial charge in [-0.05, 0) is 17.7 Å². The van der Waals surface area contributed by atoms with Crippen molar-refractivity contribution in [2.45, 2.75) is 11.2 Å². The Morgan fingerprint density at radius 1 is 1.59 bits per heavy atom. The highest BCUT2D eigenvalue weighted by molar-refractivity contribution is 9.09. The van der Waals surface area contributed by atoms with E-state index in [1.165, 1.54) is 0 Å². The summed E-state index contributed by atoms with van der Waals surface area (Å²) in [6.07, 6.45) is 0.341. The van der Waals surface area contributed by atoms with Crippen molar-refractivity contribution in [2.75, 3.05) is 20.3 Å². The predicted molar refractivity (Wildman–Crippen MR) is 72.8 cm³/mol. The Bertz CT molecular complexity index is 373. The van der Waals surface area contributed by atoms with Crippen molar-refractivity contribution >= 4 is 33.4 Å². The topological polar surface area (TPSA) is 38.3 Å². The molecule has 0 aliphatic heterocycles. The molecule has 0 saturated heterocycles. The van der Waals surface area contributed by atoms with Crippen LogP contribution in [0.25, 0.3) is 0 Å². The van der Waals surface area contributed by atoms with Gasteiger partial charge < -0.3 is 10.1 Å². The minimum atomic E-state index is -0.0205. The summed E-state index contributed by atoms with van der Waals surface area (Å²) in [5.41, 5.74) is 0.910. The Morgan fingerprint density at radius 2 is 2.35 bits per heavy atom. The van der Waals surface area contributed by atoms with Gasteiger partial charge in [0.2, 0.25) is 5.91 Å². The first-order chi connectivity index (χ1) is 8.11. The molecule has 0 fully saturated rings. The minimum absolute atomic E-state index is 0.0205. The summed E-state index contributed by atoms with van der Waals surface area (Å²) in [7, 11) is 1.63. The molecule has 0 aromatic heterocycles. The van der Waals surface area contributed by atoms with E-state index in [1.807, 2.05) is 12.1 Å². The molecule has 0 saturated carbocycles. The smallest absolute Gasteiger partial charge is 0.224 e. The highest BCUT2D eigenvalue weighted by Crippen LogP contribution is 2.11. The maximum absolute atomic E-state index is 11.6. The Balaban J connectivity index is 2.34. The Kier molecular flexibility index (Phi) is 6.55. The molecule has 3 nitrogen and oxygen atoms in total. The number of hydrogen-bond acceptors (Lipinski definition) is 2. The van der Waals surface area contributed by atoms with Crippen LogP contribution in [0, 0.1) is 0 Å². The third-order valence-electron chi connectivity index (χ3n) is 2.12. The van der Waals surface area contributed by atoms with Crippen LogP contribution in [0.15, 0.2) is 24.3 Å². The summed E-state index contributed by atoms with van der Waals surface area (Å²) >= 11 is 9.24. The second kappa shape index (κ2) is 7.69. The highest BCUT2D eigenvalue weighted by Gasteiger charge is 2.07. The first-order valence-electron chi connectivity index (χ1n) is 5.26. The Hall–Kier alpha value is -0.580. The first kappa shape index (κ1) is 14.5. The van der Waals surface area contributed by atoms with E-state index in [2.05, 4.69) is 21.2 Å². The number of amides is 1. The van der Waals surface area contributed by atoms with Crippen LogP contribution in [0.2, 0.25) is 5.02 Å². The molecule has 94 valence electrons. The lowest BCUT2D eigenvalue weighted by Gasteiger charge is -2.10. The van der Waals surface area contributed by atoms with Crippen molar-refractivity contribution in [2.24, 2.45) is 0 Å². The molecule has 0 heterocycles. The zero-order chi connectivity index (χ0) is 12.7. The highest BCUT2D eigenvalue weighted by atomic mass is 79.9. The van der Waals surface area contributed by atoms with Crippen LogP contribution < -0.4 is 5.32 Å². The Morgan fingerprint density at radius 3 is 3.00 bits per heavy atom. The lowest BCUT2D eigenvalue weighted by Crippen LogP contribution is -2.32. The van der Waals surface area contributed by atoms with Crippen LogP contribution in [-0.2, 0) is 16.0 Å². The molecular formula is C12H15BrClNO2. The van der Waals surface area contributed by atoms with Gasteiger partial charge in [-0.25, -0.2) is 0 Å². The summed E-state index contributed by atoms with van der Waals surface area (Å²) in [5, 5.41) is 3.47. The molecule has 1 atom stereocenters. The largest absolute Gasteiger partial charge is 0.383 e. The molecule has 1 aromatic rings. The molecule has 1 N–H and O–H groups in total. The fourth-order valence-corrected chi connectivity index (χ4v) is 2.00. The standard InChI is InChI=1S/C12H15BrClNO2/c1-17-8-10(13)7-15-12(16)6-9-3-2-4-11(14)5-9/h2-5,10H,6-8H2,1H3,(H,15,16). The van der Waals surface area contributed by atoms with Gasteiger partial charge in [0.05, 0.1) is 17.9 Å². The number of carbonyl (C=O) groups is 1. The van der Waals surface area contributed by atoms with Gasteiger partial charge in [-0.15, -0.1) is 0 Å². The molecule has 1 unspecified atom stereocenters. The second-order valence-electron chi connectivity index (χ2n) is 3.66. The lowest BCUT2D eigenvalue weighted by atomic mass is 10.1. The van der Waals surface area contributed by atoms with Gasteiger partial charge in [-0.1, -0.05) is 39.7 Å². The van der Waals surface area contributed by atoms with Crippen molar-refractivity contribution in [3.8, 4) is 0 Å². The van der Waals surface area contributed by atoms with Crippen LogP contribution in [0.4, 0.5) is 0 Å². The Labute approximate surface area is 115 Å². The monoisotopic (exact) mass is 319 g/mol. The number of methoxy groups -OCH3 is 1.